The number of aliphatic hydroxyl groups is 1. The van der Waals surface area contributed by atoms with Crippen LogP contribution in [0, 0.1) is 13.8 Å². The molecule has 0 aliphatic rings. The summed E-state index contributed by atoms with van der Waals surface area (Å²) in [6, 6.07) is 9.20. The van der Waals surface area contributed by atoms with Crippen molar-refractivity contribution in [3.8, 4) is 0 Å². The number of nitrogens with one attached hydrogen (secondary N) is 1. The molecule has 0 unspecified atom stereocenters. The summed E-state index contributed by atoms with van der Waals surface area (Å²) < 4.78 is 5.28. The number of carbonyl (C=O) groups is 1. The molecule has 112 valence electrons. The van der Waals surface area contributed by atoms with Crippen molar-refractivity contribution in [1.82, 2.24) is 10.3 Å². The van der Waals surface area contributed by atoms with Crippen molar-refractivity contribution in [2.24, 2.45) is 0 Å². The van der Waals surface area contributed by atoms with E-state index in [1.807, 2.05) is 37.3 Å². The van der Waals surface area contributed by atoms with Crippen molar-refractivity contribution in [3.05, 3.63) is 53.2 Å². The van der Waals surface area contributed by atoms with Gasteiger partial charge in [-0.1, -0.05) is 30.3 Å². The van der Waals surface area contributed by atoms with E-state index < -0.39 is 6.10 Å². The van der Waals surface area contributed by atoms with Crippen molar-refractivity contribution in [3.63, 3.8) is 0 Å². The monoisotopic (exact) mass is 288 g/mol. The Morgan fingerprint density at radius 2 is 2.00 bits per heavy atom. The number of nitrogens with zero attached hydrogens (tertiary/aromatic N) is 1. The van der Waals surface area contributed by atoms with Gasteiger partial charge in [0.2, 0.25) is 5.76 Å². The van der Waals surface area contributed by atoms with Gasteiger partial charge in [-0.3, -0.25) is 4.79 Å². The van der Waals surface area contributed by atoms with Crippen molar-refractivity contribution < 1.29 is 14.3 Å². The van der Waals surface area contributed by atoms with E-state index in [0.29, 0.717) is 18.0 Å². The predicted octanol–water partition coefficient (Wildman–Crippen LogP) is 2.53. The summed E-state index contributed by atoms with van der Waals surface area (Å²) in [7, 11) is 0. The van der Waals surface area contributed by atoms with Crippen LogP contribution in [0.3, 0.4) is 0 Å². The third-order valence-electron chi connectivity index (χ3n) is 3.25. The highest BCUT2D eigenvalue weighted by Gasteiger charge is 2.19. The Kier molecular flexibility index (Phi) is 4.75. The fourth-order valence-corrected chi connectivity index (χ4v) is 2.24. The van der Waals surface area contributed by atoms with Gasteiger partial charge < -0.3 is 14.8 Å². The molecule has 1 aromatic carbocycles. The molecule has 1 heterocycles. The first-order valence-corrected chi connectivity index (χ1v) is 6.95. The number of aryl methyl sites for hydroxylation is 2. The smallest absolute Gasteiger partial charge is 0.289 e. The highest BCUT2D eigenvalue weighted by Crippen LogP contribution is 2.18. The zero-order valence-corrected chi connectivity index (χ0v) is 12.5. The number of hydrogen-bond acceptors (Lipinski definition) is 4. The van der Waals surface area contributed by atoms with Crippen LogP contribution in [0.4, 0.5) is 0 Å². The molecule has 1 aromatic heterocycles. The fraction of sp³-hybridized carbons (Fsp3) is 0.375. The van der Waals surface area contributed by atoms with E-state index >= 15 is 0 Å². The van der Waals surface area contributed by atoms with E-state index in [4.69, 9.17) is 4.42 Å². The predicted molar refractivity (Wildman–Crippen MR) is 78.9 cm³/mol. The number of aliphatic hydroxyl groups excluding tert-OH is 1. The molecule has 0 saturated carbocycles. The third-order valence-corrected chi connectivity index (χ3v) is 3.25. The first-order valence-electron chi connectivity index (χ1n) is 6.95. The van der Waals surface area contributed by atoms with Gasteiger partial charge in [-0.2, -0.15) is 0 Å². The van der Waals surface area contributed by atoms with Crippen molar-refractivity contribution >= 4 is 5.91 Å². The largest absolute Gasteiger partial charge is 0.436 e. The Balaban J connectivity index is 1.94. The van der Waals surface area contributed by atoms with Crippen LogP contribution < -0.4 is 5.32 Å². The Bertz CT molecular complexity index is 607. The molecule has 0 radical (unpaired) electrons. The molecule has 1 amide bonds. The second-order valence-corrected chi connectivity index (χ2v) is 5.18. The second kappa shape index (κ2) is 6.54. The van der Waals surface area contributed by atoms with E-state index in [1.165, 1.54) is 0 Å². The van der Waals surface area contributed by atoms with Gasteiger partial charge in [0.1, 0.15) is 0 Å². The van der Waals surface area contributed by atoms with E-state index in [1.54, 1.807) is 13.8 Å². The fourth-order valence-electron chi connectivity index (χ4n) is 2.24. The summed E-state index contributed by atoms with van der Waals surface area (Å²) in [4.78, 5) is 16.2. The van der Waals surface area contributed by atoms with Crippen molar-refractivity contribution in [1.29, 1.82) is 0 Å². The van der Waals surface area contributed by atoms with Gasteiger partial charge in [0.15, 0.2) is 5.89 Å². The van der Waals surface area contributed by atoms with Crippen LogP contribution in [0.5, 0.6) is 0 Å². The topological polar surface area (TPSA) is 75.4 Å². The molecule has 0 fully saturated rings. The van der Waals surface area contributed by atoms with Gasteiger partial charge in [-0.15, -0.1) is 0 Å². The highest BCUT2D eigenvalue weighted by molar-refractivity contribution is 5.92. The molecule has 5 nitrogen and oxygen atoms in total. The summed E-state index contributed by atoms with van der Waals surface area (Å²) in [5.74, 6) is 0.393. The maximum atomic E-state index is 12.1. The summed E-state index contributed by atoms with van der Waals surface area (Å²) in [5, 5.41) is 13.0. The molecule has 0 saturated heterocycles. The maximum Gasteiger partial charge on any atom is 0.289 e. The molecule has 2 aromatic rings. The minimum absolute atomic E-state index is 0.183. The standard InChI is InChI=1S/C16H20N2O3/c1-10(9-14(19)13-7-5-4-6-8-13)17-16(20)15-11(2)18-12(3)21-15/h4-8,10,14,19H,9H2,1-3H3,(H,17,20)/t10-,14-/m1/s1. The molecule has 0 spiro atoms. The van der Waals surface area contributed by atoms with Crippen LogP contribution in [0.15, 0.2) is 34.7 Å². The first kappa shape index (κ1) is 15.3. The third kappa shape index (κ3) is 3.92. The van der Waals surface area contributed by atoms with Gasteiger partial charge in [0.25, 0.3) is 5.91 Å². The molecule has 0 aliphatic carbocycles. The normalized spacial score (nSPS) is 13.7. The SMILES string of the molecule is Cc1nc(C)c(C(=O)N[C@H](C)C[C@@H](O)c2ccccc2)o1. The lowest BCUT2D eigenvalue weighted by molar-refractivity contribution is 0.0887. The number of carbonyl (C=O) groups excluding carboxylic acids is 1. The van der Waals surface area contributed by atoms with Crippen LogP contribution >= 0.6 is 0 Å². The Hall–Kier alpha value is -2.14. The zero-order valence-electron chi connectivity index (χ0n) is 12.5. The number of amides is 1. The van der Waals surface area contributed by atoms with Crippen LogP contribution in [0.25, 0.3) is 0 Å². The van der Waals surface area contributed by atoms with Crippen LogP contribution in [-0.2, 0) is 0 Å². The van der Waals surface area contributed by atoms with Gasteiger partial charge in [0.05, 0.1) is 11.8 Å². The van der Waals surface area contributed by atoms with Crippen LogP contribution in [-0.4, -0.2) is 22.0 Å². The molecule has 0 aliphatic heterocycles. The lowest BCUT2D eigenvalue weighted by Crippen LogP contribution is -2.33. The summed E-state index contributed by atoms with van der Waals surface area (Å²) >= 11 is 0. The van der Waals surface area contributed by atoms with Gasteiger partial charge in [-0.25, -0.2) is 4.98 Å². The van der Waals surface area contributed by atoms with Gasteiger partial charge in [-0.05, 0) is 25.8 Å². The molecule has 2 N–H and O–H groups in total. The zero-order chi connectivity index (χ0) is 15.4. The average molecular weight is 288 g/mol. The number of rotatable bonds is 5. The van der Waals surface area contributed by atoms with Crippen LogP contribution in [0.2, 0.25) is 0 Å². The van der Waals surface area contributed by atoms with Crippen molar-refractivity contribution in [2.45, 2.75) is 39.3 Å². The molecule has 2 rings (SSSR count). The highest BCUT2D eigenvalue weighted by atomic mass is 16.4. The lowest BCUT2D eigenvalue weighted by Gasteiger charge is -2.17. The van der Waals surface area contributed by atoms with E-state index in [9.17, 15) is 9.90 Å². The Morgan fingerprint density at radius 3 is 2.57 bits per heavy atom. The Labute approximate surface area is 124 Å². The number of oxazole rings is 1. The van der Waals surface area contributed by atoms with Crippen molar-refractivity contribution in [2.75, 3.05) is 0 Å². The second-order valence-electron chi connectivity index (χ2n) is 5.18. The number of benzene rings is 1. The van der Waals surface area contributed by atoms with Gasteiger partial charge >= 0.3 is 0 Å². The number of aromatic nitrogens is 1. The molecular weight excluding hydrogens is 268 g/mol. The molecule has 0 bridgehead atoms. The quantitative estimate of drug-likeness (QED) is 0.886. The minimum atomic E-state index is -0.612. The minimum Gasteiger partial charge on any atom is -0.436 e. The number of hydrogen-bond donors (Lipinski definition) is 2. The van der Waals surface area contributed by atoms with E-state index in [-0.39, 0.29) is 17.7 Å². The molecule has 5 heteroatoms. The maximum absolute atomic E-state index is 12.1. The molecular formula is C16H20N2O3. The molecule has 21 heavy (non-hydrogen) atoms. The van der Waals surface area contributed by atoms with Gasteiger partial charge in [0, 0.05) is 13.0 Å². The van der Waals surface area contributed by atoms with Crippen LogP contribution in [0.1, 0.15) is 47.2 Å². The average Bonchev–Trinajstić information content (AvgIpc) is 2.78. The van der Waals surface area contributed by atoms with E-state index in [0.717, 1.165) is 5.56 Å². The Morgan fingerprint density at radius 1 is 1.33 bits per heavy atom. The molecule has 2 atom stereocenters. The summed E-state index contributed by atoms with van der Waals surface area (Å²) in [6.07, 6.45) is -0.180. The first-order chi connectivity index (χ1) is 9.97. The summed E-state index contributed by atoms with van der Waals surface area (Å²) in [5.41, 5.74) is 1.41. The lowest BCUT2D eigenvalue weighted by atomic mass is 10.0. The van der Waals surface area contributed by atoms with E-state index in [2.05, 4.69) is 10.3 Å². The summed E-state index contributed by atoms with van der Waals surface area (Å²) in [6.45, 7) is 5.28.